The lowest BCUT2D eigenvalue weighted by Crippen LogP contribution is -2.35. The number of sulfonamides is 1. The van der Waals surface area contributed by atoms with Crippen LogP contribution in [0.2, 0.25) is 5.02 Å². The lowest BCUT2D eigenvalue weighted by atomic mass is 10.2. The van der Waals surface area contributed by atoms with Crippen molar-refractivity contribution >= 4 is 27.5 Å². The van der Waals surface area contributed by atoms with Crippen LogP contribution in [0, 0.1) is 0 Å². The van der Waals surface area contributed by atoms with E-state index in [4.69, 9.17) is 11.6 Å². The Morgan fingerprint density at radius 2 is 1.81 bits per heavy atom. The van der Waals surface area contributed by atoms with Crippen LogP contribution < -0.4 is 10.0 Å². The smallest absolute Gasteiger partial charge is 0.351 e. The van der Waals surface area contributed by atoms with Gasteiger partial charge in [-0.15, -0.1) is 0 Å². The second-order valence-electron chi connectivity index (χ2n) is 6.68. The lowest BCUT2D eigenvalue weighted by molar-refractivity contribution is -0.143. The van der Waals surface area contributed by atoms with Crippen LogP contribution >= 0.6 is 11.6 Å². The van der Waals surface area contributed by atoms with Crippen molar-refractivity contribution in [3.05, 3.63) is 82.6 Å². The normalized spacial score (nSPS) is 12.0. The lowest BCUT2D eigenvalue weighted by Gasteiger charge is -2.13. The van der Waals surface area contributed by atoms with Crippen LogP contribution in [0.15, 0.2) is 60.8 Å². The molecule has 12 heteroatoms. The summed E-state index contributed by atoms with van der Waals surface area (Å²) in [7, 11) is -3.76. The molecule has 3 rings (SSSR count). The molecule has 0 aliphatic heterocycles. The highest BCUT2D eigenvalue weighted by Crippen LogP contribution is 2.34. The van der Waals surface area contributed by atoms with Gasteiger partial charge < -0.3 is 5.32 Å². The quantitative estimate of drug-likeness (QED) is 0.510. The molecular weight excluding hydrogens is 469 g/mol. The van der Waals surface area contributed by atoms with E-state index in [1.165, 1.54) is 24.3 Å². The first-order valence-electron chi connectivity index (χ1n) is 9.27. The van der Waals surface area contributed by atoms with E-state index in [2.05, 4.69) is 15.1 Å². The first-order chi connectivity index (χ1) is 15.1. The maximum atomic E-state index is 13.7. The molecule has 2 aromatic carbocycles. The molecule has 32 heavy (non-hydrogen) atoms. The second-order valence-corrected chi connectivity index (χ2v) is 9.04. The van der Waals surface area contributed by atoms with E-state index in [-0.39, 0.29) is 23.8 Å². The van der Waals surface area contributed by atoms with Crippen molar-refractivity contribution in [2.75, 3.05) is 12.3 Å². The first-order valence-corrected chi connectivity index (χ1v) is 11.3. The van der Waals surface area contributed by atoms with Crippen molar-refractivity contribution in [2.45, 2.75) is 12.7 Å². The average molecular weight is 487 g/mol. The minimum atomic E-state index is -4.89. The van der Waals surface area contributed by atoms with Crippen molar-refractivity contribution in [3.8, 4) is 5.69 Å². The summed E-state index contributed by atoms with van der Waals surface area (Å²) in [5, 5.41) is 6.09. The fourth-order valence-corrected chi connectivity index (χ4v) is 3.93. The molecule has 0 fully saturated rings. The Hall–Kier alpha value is -2.89. The number of aromatic nitrogens is 2. The number of hydrogen-bond donors (Lipinski definition) is 2. The van der Waals surface area contributed by atoms with Crippen molar-refractivity contribution in [1.29, 1.82) is 0 Å². The van der Waals surface area contributed by atoms with Gasteiger partial charge in [0.25, 0.3) is 5.91 Å². The van der Waals surface area contributed by atoms with Crippen LogP contribution in [0.1, 0.15) is 21.6 Å². The second kappa shape index (κ2) is 9.72. The van der Waals surface area contributed by atoms with Gasteiger partial charge in [0.15, 0.2) is 5.69 Å². The molecule has 7 nitrogen and oxygen atoms in total. The number of halogens is 4. The fraction of sp³-hybridized carbons (Fsp3) is 0.200. The summed E-state index contributed by atoms with van der Waals surface area (Å²) in [5.74, 6) is -1.60. The van der Waals surface area contributed by atoms with E-state index >= 15 is 0 Å². The van der Waals surface area contributed by atoms with Crippen LogP contribution in [0.25, 0.3) is 5.69 Å². The van der Waals surface area contributed by atoms with Gasteiger partial charge in [-0.25, -0.2) is 17.8 Å². The summed E-state index contributed by atoms with van der Waals surface area (Å²) in [4.78, 5) is 12.4. The van der Waals surface area contributed by atoms with Crippen LogP contribution in [-0.2, 0) is 22.7 Å². The molecule has 0 unspecified atom stereocenters. The summed E-state index contributed by atoms with van der Waals surface area (Å²) in [6, 6.07) is 14.3. The maximum Gasteiger partial charge on any atom is 0.434 e. The average Bonchev–Trinajstić information content (AvgIpc) is 3.19. The number of rotatable bonds is 8. The molecule has 0 atom stereocenters. The minimum absolute atomic E-state index is 0.0246. The van der Waals surface area contributed by atoms with Crippen molar-refractivity contribution in [3.63, 3.8) is 0 Å². The highest BCUT2D eigenvalue weighted by molar-refractivity contribution is 7.89. The van der Waals surface area contributed by atoms with Gasteiger partial charge in [0.2, 0.25) is 10.0 Å². The van der Waals surface area contributed by atoms with Gasteiger partial charge in [-0.2, -0.15) is 18.3 Å². The van der Waals surface area contributed by atoms with Crippen molar-refractivity contribution in [2.24, 2.45) is 0 Å². The fourth-order valence-electron chi connectivity index (χ4n) is 2.85. The molecule has 1 aromatic heterocycles. The zero-order valence-corrected chi connectivity index (χ0v) is 18.0. The van der Waals surface area contributed by atoms with E-state index in [9.17, 15) is 26.4 Å². The summed E-state index contributed by atoms with van der Waals surface area (Å²) < 4.78 is 68.2. The Kier molecular flexibility index (Phi) is 7.22. The Morgan fingerprint density at radius 1 is 1.09 bits per heavy atom. The Labute approximate surface area is 187 Å². The van der Waals surface area contributed by atoms with Gasteiger partial charge in [-0.3, -0.25) is 4.79 Å². The van der Waals surface area contributed by atoms with Crippen molar-refractivity contribution in [1.82, 2.24) is 19.8 Å². The van der Waals surface area contributed by atoms with Gasteiger partial charge in [0.05, 0.1) is 23.2 Å². The highest BCUT2D eigenvalue weighted by Gasteiger charge is 2.40. The molecule has 0 saturated carbocycles. The molecule has 0 saturated heterocycles. The first kappa shape index (κ1) is 23.8. The van der Waals surface area contributed by atoms with Crippen LogP contribution in [-0.4, -0.2) is 36.4 Å². The van der Waals surface area contributed by atoms with E-state index in [1.54, 1.807) is 30.3 Å². The summed E-state index contributed by atoms with van der Waals surface area (Å²) in [5.41, 5.74) is -1.26. The standard InChI is InChI=1S/C20H18ClF3N4O3S/c21-15-7-4-8-16(11-15)28-18(20(22,23)24)17(13-26-28)19(29)25-9-10-32(30,31)27-12-14-5-2-1-3-6-14/h1-8,11,13,27H,9-10,12H2,(H,25,29). The van der Waals surface area contributed by atoms with E-state index in [1.807, 2.05) is 0 Å². The number of nitrogens with zero attached hydrogens (tertiary/aromatic N) is 2. The Morgan fingerprint density at radius 3 is 2.47 bits per heavy atom. The molecule has 3 aromatic rings. The molecule has 0 spiro atoms. The summed E-state index contributed by atoms with van der Waals surface area (Å²) >= 11 is 5.84. The zero-order valence-electron chi connectivity index (χ0n) is 16.4. The SMILES string of the molecule is O=C(NCCS(=O)(=O)NCc1ccccc1)c1cnn(-c2cccc(Cl)c2)c1C(F)(F)F. The topological polar surface area (TPSA) is 93.1 Å². The van der Waals surface area contributed by atoms with E-state index in [0.29, 0.717) is 4.68 Å². The molecule has 2 N–H and O–H groups in total. The molecule has 0 bridgehead atoms. The Bertz CT molecular complexity index is 1200. The predicted octanol–water partition coefficient (Wildman–Crippen LogP) is 3.39. The largest absolute Gasteiger partial charge is 0.434 e. The van der Waals surface area contributed by atoms with Crippen molar-refractivity contribution < 1.29 is 26.4 Å². The number of benzene rings is 2. The number of carbonyl (C=O) groups is 1. The molecule has 0 radical (unpaired) electrons. The third kappa shape index (κ3) is 6.09. The Balaban J connectivity index is 1.68. The number of amides is 1. The van der Waals surface area contributed by atoms with Gasteiger partial charge in [0, 0.05) is 18.1 Å². The van der Waals surface area contributed by atoms with Gasteiger partial charge in [-0.05, 0) is 23.8 Å². The molecule has 0 aliphatic rings. The molecule has 0 aliphatic carbocycles. The zero-order chi connectivity index (χ0) is 23.4. The predicted molar refractivity (Wildman–Crippen MR) is 113 cm³/mol. The van der Waals surface area contributed by atoms with E-state index in [0.717, 1.165) is 11.8 Å². The number of alkyl halides is 3. The molecule has 1 amide bonds. The summed E-state index contributed by atoms with van der Waals surface area (Å²) in [6.45, 7) is -0.329. The third-order valence-electron chi connectivity index (χ3n) is 4.33. The number of nitrogens with one attached hydrogen (secondary N) is 2. The van der Waals surface area contributed by atoms with Gasteiger partial charge in [0.1, 0.15) is 0 Å². The molecular formula is C20H18ClF3N4O3S. The van der Waals surface area contributed by atoms with Crippen LogP contribution in [0.3, 0.4) is 0 Å². The van der Waals surface area contributed by atoms with Gasteiger partial charge in [-0.1, -0.05) is 48.0 Å². The minimum Gasteiger partial charge on any atom is -0.351 e. The number of carbonyl (C=O) groups excluding carboxylic acids is 1. The monoisotopic (exact) mass is 486 g/mol. The van der Waals surface area contributed by atoms with Gasteiger partial charge >= 0.3 is 6.18 Å². The maximum absolute atomic E-state index is 13.7. The molecule has 170 valence electrons. The molecule has 1 heterocycles. The highest BCUT2D eigenvalue weighted by atomic mass is 35.5. The third-order valence-corrected chi connectivity index (χ3v) is 5.89. The van der Waals surface area contributed by atoms with E-state index < -0.39 is 39.1 Å². The van der Waals surface area contributed by atoms with Crippen LogP contribution in [0.4, 0.5) is 13.2 Å². The van der Waals surface area contributed by atoms with Crippen LogP contribution in [0.5, 0.6) is 0 Å². The summed E-state index contributed by atoms with van der Waals surface area (Å²) in [6.07, 6.45) is -4.12. The number of hydrogen-bond acceptors (Lipinski definition) is 4.